The number of aryl methyl sites for hydroxylation is 2. The number of aromatic nitrogens is 1. The molecule has 38 heavy (non-hydrogen) atoms. The minimum Gasteiger partial charge on any atom is -0.444 e. The minimum absolute atomic E-state index is 0.192. The first-order valence-corrected chi connectivity index (χ1v) is 12.9. The van der Waals surface area contributed by atoms with E-state index in [2.05, 4.69) is 10.3 Å². The summed E-state index contributed by atoms with van der Waals surface area (Å²) in [7, 11) is 0. The number of alkyl carbamates (subject to hydrolysis) is 1. The number of ether oxygens (including phenoxy) is 2. The second-order valence-corrected chi connectivity index (χ2v) is 10.8. The molecule has 0 saturated carbocycles. The largest absolute Gasteiger partial charge is 0.444 e. The lowest BCUT2D eigenvalue weighted by atomic mass is 9.90. The second kappa shape index (κ2) is 10.0. The van der Waals surface area contributed by atoms with Crippen LogP contribution >= 0.6 is 0 Å². The zero-order valence-corrected chi connectivity index (χ0v) is 22.1. The topological polar surface area (TPSA) is 111 Å². The summed E-state index contributed by atoms with van der Waals surface area (Å²) < 4.78 is 16.9. The summed E-state index contributed by atoms with van der Waals surface area (Å²) in [5.41, 5.74) is 3.47. The summed E-state index contributed by atoms with van der Waals surface area (Å²) in [4.78, 5) is 42.0. The third kappa shape index (κ3) is 5.16. The van der Waals surface area contributed by atoms with Crippen LogP contribution in [0.4, 0.5) is 4.79 Å². The Balaban J connectivity index is 1.45. The van der Waals surface area contributed by atoms with Crippen LogP contribution in [0.1, 0.15) is 55.9 Å². The van der Waals surface area contributed by atoms with Crippen molar-refractivity contribution in [2.75, 3.05) is 0 Å². The number of fused-ring (bicyclic) bond motifs is 4. The number of hydrogen-bond acceptors (Lipinski definition) is 6. The minimum atomic E-state index is -1.02. The molecule has 0 fully saturated rings. The molecule has 2 N–H and O–H groups in total. The van der Waals surface area contributed by atoms with Gasteiger partial charge in [0.05, 0.1) is 0 Å². The number of carbonyl (C=O) groups is 2. The Bertz CT molecular complexity index is 1590. The van der Waals surface area contributed by atoms with Crippen LogP contribution in [0.15, 0.2) is 51.8 Å². The van der Waals surface area contributed by atoms with Crippen LogP contribution in [0.2, 0.25) is 0 Å². The molecular weight excluding hydrogens is 484 g/mol. The lowest BCUT2D eigenvalue weighted by Crippen LogP contribution is -2.46. The van der Waals surface area contributed by atoms with E-state index in [9.17, 15) is 14.4 Å². The van der Waals surface area contributed by atoms with Gasteiger partial charge in [-0.3, -0.25) is 0 Å². The highest BCUT2D eigenvalue weighted by Gasteiger charge is 2.28. The van der Waals surface area contributed by atoms with E-state index in [1.807, 2.05) is 36.5 Å². The van der Waals surface area contributed by atoms with Gasteiger partial charge >= 0.3 is 17.7 Å². The van der Waals surface area contributed by atoms with Crippen molar-refractivity contribution in [2.24, 2.45) is 0 Å². The molecule has 5 rings (SSSR count). The molecule has 1 amide bonds. The van der Waals surface area contributed by atoms with Crippen LogP contribution < -0.4 is 15.7 Å². The number of hydrogen-bond donors (Lipinski definition) is 2. The number of esters is 1. The van der Waals surface area contributed by atoms with Gasteiger partial charge in [-0.25, -0.2) is 14.4 Å². The summed E-state index contributed by atoms with van der Waals surface area (Å²) in [6.07, 6.45) is 4.83. The maximum Gasteiger partial charge on any atom is 0.408 e. The fourth-order valence-electron chi connectivity index (χ4n) is 5.08. The lowest BCUT2D eigenvalue weighted by molar-refractivity contribution is -0.136. The zero-order valence-electron chi connectivity index (χ0n) is 22.1. The average molecular weight is 517 g/mol. The van der Waals surface area contributed by atoms with Crippen molar-refractivity contribution in [2.45, 2.75) is 71.4 Å². The van der Waals surface area contributed by atoms with Crippen molar-refractivity contribution in [1.29, 1.82) is 0 Å². The van der Waals surface area contributed by atoms with E-state index < -0.39 is 23.7 Å². The Morgan fingerprint density at radius 1 is 1.05 bits per heavy atom. The van der Waals surface area contributed by atoms with Crippen molar-refractivity contribution >= 4 is 33.9 Å². The first-order chi connectivity index (χ1) is 18.1. The number of para-hydroxylation sites is 1. The van der Waals surface area contributed by atoms with Crippen LogP contribution in [-0.2, 0) is 28.8 Å². The molecule has 0 unspecified atom stereocenters. The Kier molecular flexibility index (Phi) is 6.73. The van der Waals surface area contributed by atoms with E-state index in [1.54, 1.807) is 33.8 Å². The second-order valence-electron chi connectivity index (χ2n) is 10.8. The van der Waals surface area contributed by atoms with Crippen LogP contribution in [0, 0.1) is 6.92 Å². The van der Waals surface area contributed by atoms with Crippen molar-refractivity contribution in [3.05, 3.63) is 75.3 Å². The van der Waals surface area contributed by atoms with Crippen LogP contribution in [0.25, 0.3) is 21.9 Å². The van der Waals surface area contributed by atoms with Crippen molar-refractivity contribution < 1.29 is 23.5 Å². The van der Waals surface area contributed by atoms with Gasteiger partial charge in [0.2, 0.25) is 0 Å². The molecule has 2 heterocycles. The summed E-state index contributed by atoms with van der Waals surface area (Å²) in [5.74, 6) is -0.375. The number of carbonyl (C=O) groups excluding carboxylic acids is 2. The summed E-state index contributed by atoms with van der Waals surface area (Å²) >= 11 is 0. The van der Waals surface area contributed by atoms with Crippen molar-refractivity contribution in [3.8, 4) is 5.75 Å². The molecule has 8 nitrogen and oxygen atoms in total. The number of benzene rings is 2. The first kappa shape index (κ1) is 25.6. The van der Waals surface area contributed by atoms with Gasteiger partial charge in [0, 0.05) is 40.0 Å². The zero-order chi connectivity index (χ0) is 27.0. The molecule has 0 radical (unpaired) electrons. The standard InChI is InChI=1S/C30H32N2O6/c1-17-25(14-13-21-20-10-5-6-11-22(20)27(33)37-26(17)21)36-28(34)24(32-29(35)38-30(2,3)4)15-18-16-31-23-12-8-7-9-19(18)23/h7-9,12-14,16,24,31H,5-6,10-11,15H2,1-4H3,(H,32,35)/t24-/m0/s1. The van der Waals surface area contributed by atoms with E-state index in [1.165, 1.54) is 0 Å². The van der Waals surface area contributed by atoms with Crippen LogP contribution in [0.5, 0.6) is 5.75 Å². The molecular formula is C30H32N2O6. The lowest BCUT2D eigenvalue weighted by Gasteiger charge is -2.23. The van der Waals surface area contributed by atoms with Gasteiger partial charge in [0.1, 0.15) is 23.0 Å². The van der Waals surface area contributed by atoms with E-state index >= 15 is 0 Å². The third-order valence-corrected chi connectivity index (χ3v) is 6.88. The molecule has 0 saturated heterocycles. The SMILES string of the molecule is Cc1c(OC(=O)[C@H](Cc2c[nH]c3ccccc23)NC(=O)OC(C)(C)C)ccc2c3c(c(=O)oc12)CCCC3. The number of aromatic amines is 1. The van der Waals surface area contributed by atoms with E-state index in [4.69, 9.17) is 13.9 Å². The molecule has 0 aliphatic heterocycles. The molecule has 0 bridgehead atoms. The fourth-order valence-corrected chi connectivity index (χ4v) is 5.08. The van der Waals surface area contributed by atoms with Crippen molar-refractivity contribution in [1.82, 2.24) is 10.3 Å². The smallest absolute Gasteiger partial charge is 0.408 e. The molecule has 198 valence electrons. The van der Waals surface area contributed by atoms with E-state index in [0.29, 0.717) is 11.1 Å². The van der Waals surface area contributed by atoms with Gasteiger partial charge < -0.3 is 24.2 Å². The van der Waals surface area contributed by atoms with Crippen molar-refractivity contribution in [3.63, 3.8) is 0 Å². The Labute approximate surface area is 220 Å². The number of amides is 1. The van der Waals surface area contributed by atoms with Gasteiger partial charge in [0.15, 0.2) is 0 Å². The number of rotatable bonds is 5. The highest BCUT2D eigenvalue weighted by atomic mass is 16.6. The highest BCUT2D eigenvalue weighted by molar-refractivity contribution is 5.89. The van der Waals surface area contributed by atoms with Gasteiger partial charge in [-0.15, -0.1) is 0 Å². The third-order valence-electron chi connectivity index (χ3n) is 6.88. The molecule has 8 heteroatoms. The normalized spacial score (nSPS) is 14.2. The van der Waals surface area contributed by atoms with Gasteiger partial charge in [-0.05, 0) is 82.7 Å². The Hall–Kier alpha value is -4.07. The molecule has 0 spiro atoms. The molecule has 1 aliphatic carbocycles. The predicted molar refractivity (Wildman–Crippen MR) is 145 cm³/mol. The van der Waals surface area contributed by atoms with Crippen LogP contribution in [0.3, 0.4) is 0 Å². The van der Waals surface area contributed by atoms with Gasteiger partial charge in [0.25, 0.3) is 0 Å². The molecule has 1 aliphatic rings. The summed E-state index contributed by atoms with van der Waals surface area (Å²) in [6, 6.07) is 10.3. The number of nitrogens with one attached hydrogen (secondary N) is 2. The first-order valence-electron chi connectivity index (χ1n) is 12.9. The maximum absolute atomic E-state index is 13.5. The monoisotopic (exact) mass is 516 g/mol. The number of H-pyrrole nitrogens is 1. The van der Waals surface area contributed by atoms with E-state index in [-0.39, 0.29) is 17.8 Å². The fraction of sp³-hybridized carbons (Fsp3) is 0.367. The maximum atomic E-state index is 13.5. The van der Waals surface area contributed by atoms with E-state index in [0.717, 1.165) is 58.7 Å². The average Bonchev–Trinajstić information content (AvgIpc) is 3.27. The Morgan fingerprint density at radius 3 is 2.55 bits per heavy atom. The molecule has 2 aromatic carbocycles. The van der Waals surface area contributed by atoms with Crippen LogP contribution in [-0.4, -0.2) is 28.7 Å². The molecule has 1 atom stereocenters. The molecule has 4 aromatic rings. The summed E-state index contributed by atoms with van der Waals surface area (Å²) in [5, 5.41) is 4.50. The van der Waals surface area contributed by atoms with Gasteiger partial charge in [-0.1, -0.05) is 18.2 Å². The summed E-state index contributed by atoms with van der Waals surface area (Å²) in [6.45, 7) is 7.03. The molecule has 2 aromatic heterocycles. The Morgan fingerprint density at radius 2 is 1.79 bits per heavy atom. The van der Waals surface area contributed by atoms with Gasteiger partial charge in [-0.2, -0.15) is 0 Å². The quantitative estimate of drug-likeness (QED) is 0.206. The highest BCUT2D eigenvalue weighted by Crippen LogP contribution is 2.33. The predicted octanol–water partition coefficient (Wildman–Crippen LogP) is 5.50.